The topological polar surface area (TPSA) is 37.3 Å². The van der Waals surface area contributed by atoms with Gasteiger partial charge in [-0.15, -0.1) is 0 Å². The molecule has 0 radical (unpaired) electrons. The first kappa shape index (κ1) is 16.5. The van der Waals surface area contributed by atoms with E-state index in [2.05, 4.69) is 44.2 Å². The first-order chi connectivity index (χ1) is 10.6. The second kappa shape index (κ2) is 7.44. The lowest BCUT2D eigenvalue weighted by Crippen LogP contribution is -2.37. The molecule has 0 amide bonds. The van der Waals surface area contributed by atoms with Gasteiger partial charge in [-0.2, -0.15) is 0 Å². The first-order valence-corrected chi connectivity index (χ1v) is 8.30. The van der Waals surface area contributed by atoms with Crippen LogP contribution in [0.5, 0.6) is 0 Å². The quantitative estimate of drug-likeness (QED) is 0.785. The number of aliphatic carboxylic acids is 1. The van der Waals surface area contributed by atoms with Crippen molar-refractivity contribution in [1.82, 2.24) is 0 Å². The van der Waals surface area contributed by atoms with Gasteiger partial charge in [-0.3, -0.25) is 4.79 Å². The molecule has 1 aliphatic rings. The lowest BCUT2D eigenvalue weighted by Gasteiger charge is -2.35. The van der Waals surface area contributed by atoms with Crippen LogP contribution < -0.4 is 0 Å². The van der Waals surface area contributed by atoms with Gasteiger partial charge >= 0.3 is 5.97 Å². The molecule has 1 aromatic carbocycles. The van der Waals surface area contributed by atoms with Gasteiger partial charge in [0.15, 0.2) is 0 Å². The monoisotopic (exact) mass is 298 g/mol. The van der Waals surface area contributed by atoms with Crippen LogP contribution in [0.25, 0.3) is 0 Å². The van der Waals surface area contributed by atoms with Crippen LogP contribution in [0.1, 0.15) is 44.2 Å². The molecule has 0 bridgehead atoms. The van der Waals surface area contributed by atoms with Gasteiger partial charge in [-0.25, -0.2) is 0 Å². The maximum Gasteiger partial charge on any atom is 0.314 e. The van der Waals surface area contributed by atoms with E-state index in [-0.39, 0.29) is 5.92 Å². The molecule has 2 heteroatoms. The third-order valence-corrected chi connectivity index (χ3v) is 4.80. The van der Waals surface area contributed by atoms with Gasteiger partial charge in [0.1, 0.15) is 0 Å². The summed E-state index contributed by atoms with van der Waals surface area (Å²) in [5.74, 6) is -0.622. The second-order valence-corrected chi connectivity index (χ2v) is 6.11. The van der Waals surface area contributed by atoms with Gasteiger partial charge in [-0.05, 0) is 42.7 Å². The van der Waals surface area contributed by atoms with Crippen LogP contribution in [0.15, 0.2) is 48.6 Å². The summed E-state index contributed by atoms with van der Waals surface area (Å²) in [5.41, 5.74) is 1.99. The molecule has 0 saturated carbocycles. The molecule has 0 saturated heterocycles. The van der Waals surface area contributed by atoms with Gasteiger partial charge in [-0.1, -0.05) is 68.8 Å². The Morgan fingerprint density at radius 2 is 1.91 bits per heavy atom. The fourth-order valence-electron chi connectivity index (χ4n) is 3.55. The molecule has 1 aliphatic carbocycles. The number of allylic oxidation sites excluding steroid dienone is 3. The Hall–Kier alpha value is -1.83. The molecule has 0 aliphatic heterocycles. The summed E-state index contributed by atoms with van der Waals surface area (Å²) in [5, 5.41) is 9.80. The molecule has 1 aromatic rings. The summed E-state index contributed by atoms with van der Waals surface area (Å²) in [6.07, 6.45) is 12.3. The summed E-state index contributed by atoms with van der Waals surface area (Å²) >= 11 is 0. The molecular weight excluding hydrogens is 272 g/mol. The molecule has 0 heterocycles. The Morgan fingerprint density at radius 3 is 2.55 bits per heavy atom. The van der Waals surface area contributed by atoms with Crippen LogP contribution >= 0.6 is 0 Å². The smallest absolute Gasteiger partial charge is 0.314 e. The maximum absolute atomic E-state index is 11.9. The van der Waals surface area contributed by atoms with Crippen molar-refractivity contribution in [3.8, 4) is 0 Å². The number of benzene rings is 1. The van der Waals surface area contributed by atoms with Crippen molar-refractivity contribution in [2.45, 2.75) is 46.0 Å². The lowest BCUT2D eigenvalue weighted by atomic mass is 9.68. The minimum Gasteiger partial charge on any atom is -0.481 e. The molecule has 2 nitrogen and oxygen atoms in total. The molecule has 1 N–H and O–H groups in total. The van der Waals surface area contributed by atoms with Crippen LogP contribution in [-0.4, -0.2) is 11.1 Å². The van der Waals surface area contributed by atoms with Crippen LogP contribution in [0, 0.1) is 11.3 Å². The van der Waals surface area contributed by atoms with Crippen LogP contribution in [0.2, 0.25) is 0 Å². The summed E-state index contributed by atoms with van der Waals surface area (Å²) < 4.78 is 0. The highest BCUT2D eigenvalue weighted by atomic mass is 16.4. The highest BCUT2D eigenvalue weighted by molar-refractivity contribution is 5.78. The van der Waals surface area contributed by atoms with Gasteiger partial charge in [0.2, 0.25) is 0 Å². The Morgan fingerprint density at radius 1 is 1.18 bits per heavy atom. The van der Waals surface area contributed by atoms with E-state index in [4.69, 9.17) is 0 Å². The second-order valence-electron chi connectivity index (χ2n) is 6.11. The lowest BCUT2D eigenvalue weighted by molar-refractivity contribution is -0.148. The van der Waals surface area contributed by atoms with E-state index < -0.39 is 11.4 Å². The average Bonchev–Trinajstić information content (AvgIpc) is 2.54. The number of hydrogen-bond donors (Lipinski definition) is 1. The van der Waals surface area contributed by atoms with Gasteiger partial charge < -0.3 is 5.11 Å². The molecule has 118 valence electrons. The molecule has 2 unspecified atom stereocenters. The highest BCUT2D eigenvalue weighted by Gasteiger charge is 2.42. The van der Waals surface area contributed by atoms with Crippen LogP contribution in [0.4, 0.5) is 0 Å². The highest BCUT2D eigenvalue weighted by Crippen LogP contribution is 2.41. The van der Waals surface area contributed by atoms with Crippen molar-refractivity contribution < 1.29 is 9.90 Å². The van der Waals surface area contributed by atoms with Crippen molar-refractivity contribution in [2.24, 2.45) is 11.3 Å². The van der Waals surface area contributed by atoms with Gasteiger partial charge in [0.25, 0.3) is 0 Å². The number of rotatable bonds is 7. The third-order valence-electron chi connectivity index (χ3n) is 4.80. The predicted octanol–water partition coefficient (Wildman–Crippen LogP) is 4.79. The normalized spacial score (nSPS) is 23.6. The minimum atomic E-state index is -0.731. The van der Waals surface area contributed by atoms with Crippen molar-refractivity contribution in [2.75, 3.05) is 0 Å². The van der Waals surface area contributed by atoms with E-state index in [1.54, 1.807) is 0 Å². The van der Waals surface area contributed by atoms with E-state index in [1.165, 1.54) is 11.1 Å². The Bertz CT molecular complexity index is 571. The molecule has 0 fully saturated rings. The van der Waals surface area contributed by atoms with E-state index in [9.17, 15) is 9.90 Å². The third kappa shape index (κ3) is 3.32. The Labute approximate surface area is 133 Å². The predicted molar refractivity (Wildman–Crippen MR) is 90.9 cm³/mol. The number of aryl methyl sites for hydroxylation is 2. The Balaban J connectivity index is 2.17. The molecule has 0 spiro atoms. The zero-order chi connectivity index (χ0) is 16.0. The SMILES string of the molecule is CCCC1(C(=O)O)C=CC=CC1CCc1ccccc1CC. The number of carboxylic acids is 1. The first-order valence-electron chi connectivity index (χ1n) is 8.30. The van der Waals surface area contributed by atoms with Gasteiger partial charge in [0.05, 0.1) is 5.41 Å². The number of carboxylic acid groups (broad SMARTS) is 1. The fraction of sp³-hybridized carbons (Fsp3) is 0.450. The maximum atomic E-state index is 11.9. The Kier molecular flexibility index (Phi) is 5.59. The summed E-state index contributed by atoms with van der Waals surface area (Å²) in [6.45, 7) is 4.22. The summed E-state index contributed by atoms with van der Waals surface area (Å²) in [4.78, 5) is 11.9. The van der Waals surface area contributed by atoms with Gasteiger partial charge in [0, 0.05) is 0 Å². The number of carbonyl (C=O) groups is 1. The van der Waals surface area contributed by atoms with E-state index >= 15 is 0 Å². The zero-order valence-electron chi connectivity index (χ0n) is 13.6. The van der Waals surface area contributed by atoms with Crippen molar-refractivity contribution in [3.63, 3.8) is 0 Å². The molecule has 2 atom stereocenters. The van der Waals surface area contributed by atoms with E-state index in [1.807, 2.05) is 18.2 Å². The van der Waals surface area contributed by atoms with Crippen LogP contribution in [0.3, 0.4) is 0 Å². The average molecular weight is 298 g/mol. The number of hydrogen-bond acceptors (Lipinski definition) is 1. The van der Waals surface area contributed by atoms with Crippen molar-refractivity contribution in [1.29, 1.82) is 0 Å². The fourth-order valence-corrected chi connectivity index (χ4v) is 3.55. The summed E-state index contributed by atoms with van der Waals surface area (Å²) in [7, 11) is 0. The molecule has 22 heavy (non-hydrogen) atoms. The van der Waals surface area contributed by atoms with Crippen molar-refractivity contribution in [3.05, 3.63) is 59.7 Å². The van der Waals surface area contributed by atoms with E-state index in [0.717, 1.165) is 25.7 Å². The zero-order valence-corrected chi connectivity index (χ0v) is 13.6. The largest absolute Gasteiger partial charge is 0.481 e. The summed E-state index contributed by atoms with van der Waals surface area (Å²) in [6, 6.07) is 8.48. The van der Waals surface area contributed by atoms with E-state index in [0.29, 0.717) is 6.42 Å². The van der Waals surface area contributed by atoms with Crippen LogP contribution in [-0.2, 0) is 17.6 Å². The standard InChI is InChI=1S/C20H26O2/c1-3-14-20(19(21)22)15-8-7-11-18(20)13-12-17-10-6-5-9-16(17)4-2/h5-11,15,18H,3-4,12-14H2,1-2H3,(H,21,22). The molecule has 0 aromatic heterocycles. The molecule has 2 rings (SSSR count). The minimum absolute atomic E-state index is 0.0693. The molecular formula is C20H26O2. The van der Waals surface area contributed by atoms with Crippen molar-refractivity contribution >= 4 is 5.97 Å².